The Morgan fingerprint density at radius 3 is 2.54 bits per heavy atom. The van der Waals surface area contributed by atoms with E-state index in [0.29, 0.717) is 36.1 Å². The molecule has 1 saturated heterocycles. The number of carbonyl (C=O) groups is 2. The molecule has 0 unspecified atom stereocenters. The third kappa shape index (κ3) is 6.17. The first-order valence-corrected chi connectivity index (χ1v) is 15.7. The largest absolute Gasteiger partial charge is 0.481 e. The lowest BCUT2D eigenvalue weighted by Gasteiger charge is -2.30. The van der Waals surface area contributed by atoms with Gasteiger partial charge in [0.05, 0.1) is 21.9 Å². The highest BCUT2D eigenvalue weighted by molar-refractivity contribution is 6.01. The van der Waals surface area contributed by atoms with Crippen LogP contribution < -0.4 is 10.1 Å². The third-order valence-electron chi connectivity index (χ3n) is 8.94. The highest BCUT2D eigenvalue weighted by atomic mass is 16.5. The minimum atomic E-state index is -2.33. The molecule has 0 aliphatic carbocycles. The highest BCUT2D eigenvalue weighted by Gasteiger charge is 2.45. The summed E-state index contributed by atoms with van der Waals surface area (Å²) >= 11 is 0. The number of nitrogens with zero attached hydrogens (tertiary/aromatic N) is 7. The lowest BCUT2D eigenvalue weighted by atomic mass is 9.98. The van der Waals surface area contributed by atoms with E-state index in [1.165, 1.54) is 16.9 Å². The van der Waals surface area contributed by atoms with Crippen LogP contribution in [0.3, 0.4) is 0 Å². The second-order valence-electron chi connectivity index (χ2n) is 11.9. The number of amides is 2. The van der Waals surface area contributed by atoms with E-state index in [1.54, 1.807) is 36.4 Å². The minimum absolute atomic E-state index is 0.0861. The zero-order chi connectivity index (χ0) is 35.0. The summed E-state index contributed by atoms with van der Waals surface area (Å²) in [5.74, 6) is 0.0856. The van der Waals surface area contributed by atoms with Crippen LogP contribution in [-0.4, -0.2) is 104 Å². The predicted octanol–water partition coefficient (Wildman–Crippen LogP) is 3.77. The van der Waals surface area contributed by atoms with Gasteiger partial charge >= 0.3 is 0 Å². The molecule has 2 aliphatic rings. The topological polar surface area (TPSA) is 143 Å². The van der Waals surface area contributed by atoms with Gasteiger partial charge in [0, 0.05) is 74.8 Å². The number of aromatic nitrogens is 6. The molecular formula is C35H37N9O4. The van der Waals surface area contributed by atoms with Gasteiger partial charge in [-0.15, -0.1) is 0 Å². The van der Waals surface area contributed by atoms with Crippen LogP contribution in [0.1, 0.15) is 21.1 Å². The molecule has 0 spiro atoms. The molecule has 13 heteroatoms. The molecule has 2 amide bonds. The predicted molar refractivity (Wildman–Crippen MR) is 181 cm³/mol. The highest BCUT2D eigenvalue weighted by Crippen LogP contribution is 2.31. The van der Waals surface area contributed by atoms with Crippen molar-refractivity contribution in [1.29, 1.82) is 0 Å². The van der Waals surface area contributed by atoms with Gasteiger partial charge in [-0.05, 0) is 48.2 Å². The molecule has 0 saturated carbocycles. The first-order chi connectivity index (χ1) is 24.1. The molecule has 7 rings (SSSR count). The maximum atomic E-state index is 13.7. The van der Waals surface area contributed by atoms with E-state index in [9.17, 15) is 9.59 Å². The maximum Gasteiger partial charge on any atom is 0.258 e. The number of anilines is 1. The molecule has 5 aromatic rings. The van der Waals surface area contributed by atoms with Crippen LogP contribution in [0, 0.1) is 0 Å². The van der Waals surface area contributed by atoms with Gasteiger partial charge in [-0.2, -0.15) is 10.2 Å². The molecule has 2 aliphatic heterocycles. The van der Waals surface area contributed by atoms with Crippen LogP contribution in [0.2, 0.25) is 0 Å². The fourth-order valence-corrected chi connectivity index (χ4v) is 6.15. The molecule has 2 N–H and O–H groups in total. The van der Waals surface area contributed by atoms with Crippen molar-refractivity contribution in [3.05, 3.63) is 78.8 Å². The second kappa shape index (κ2) is 13.0. The molecule has 48 heavy (non-hydrogen) atoms. The van der Waals surface area contributed by atoms with E-state index in [1.807, 2.05) is 55.6 Å². The van der Waals surface area contributed by atoms with Crippen molar-refractivity contribution in [1.82, 2.24) is 39.7 Å². The fourth-order valence-electron chi connectivity index (χ4n) is 6.15. The van der Waals surface area contributed by atoms with Gasteiger partial charge in [0.25, 0.3) is 5.91 Å². The number of carbonyl (C=O) groups excluding carboxylic acids is 2. The average molecular weight is 650 g/mol. The van der Waals surface area contributed by atoms with E-state index < -0.39 is 23.9 Å². The van der Waals surface area contributed by atoms with Crippen molar-refractivity contribution in [2.75, 3.05) is 52.2 Å². The molecule has 0 radical (unpaired) electrons. The van der Waals surface area contributed by atoms with Gasteiger partial charge in [0.2, 0.25) is 11.8 Å². The van der Waals surface area contributed by atoms with Crippen LogP contribution >= 0.6 is 0 Å². The Hall–Kier alpha value is -5.40. The summed E-state index contributed by atoms with van der Waals surface area (Å²) in [4.78, 5) is 38.8. The van der Waals surface area contributed by atoms with Gasteiger partial charge in [-0.3, -0.25) is 24.3 Å². The van der Waals surface area contributed by atoms with Crippen molar-refractivity contribution in [3.63, 3.8) is 0 Å². The zero-order valence-electron chi connectivity index (χ0n) is 28.9. The molecule has 5 heterocycles. The van der Waals surface area contributed by atoms with Crippen molar-refractivity contribution in [2.24, 2.45) is 7.05 Å². The van der Waals surface area contributed by atoms with E-state index in [2.05, 4.69) is 30.6 Å². The second-order valence-corrected chi connectivity index (χ2v) is 11.9. The Labute approximate surface area is 280 Å². The summed E-state index contributed by atoms with van der Waals surface area (Å²) in [6, 6.07) is 17.0. The van der Waals surface area contributed by atoms with Gasteiger partial charge < -0.3 is 19.7 Å². The van der Waals surface area contributed by atoms with Crippen molar-refractivity contribution >= 4 is 34.0 Å². The Balaban J connectivity index is 1.00. The normalized spacial score (nSPS) is 19.1. The van der Waals surface area contributed by atoms with Crippen molar-refractivity contribution in [3.8, 4) is 28.5 Å². The standard InChI is InChI=1S/C35H37N9O4/c1-42-22-37-33(41-42)25-6-4-23(5-7-25)24-12-15-44(16-13-24)31(45)20-43-17-14-35(21-43,48-3)34(46)38-27-9-10-29-28(18-27)32(40-39-29)26-8-11-30(47-2)36-19-26/h4-12,18-19,22H,13-17,20-21H2,1-3H3,(H,38,46)(H,39,40)/t35-/m0/s1/i20D2. The van der Waals surface area contributed by atoms with Crippen LogP contribution in [0.4, 0.5) is 5.69 Å². The molecule has 13 nitrogen and oxygen atoms in total. The number of aryl methyl sites for hydroxylation is 1. The SMILES string of the molecule is [2H]C([2H])(C(=O)N1CC=C(c2ccc(-c3ncn(C)n3)cc2)CC1)N1CC[C@@](OC)(C(=O)Nc2ccc3[nH]nc(-c4ccc(OC)nc4)c3c2)C1. The van der Waals surface area contributed by atoms with E-state index in [0.717, 1.165) is 33.2 Å². The average Bonchev–Trinajstić information content (AvgIpc) is 3.91. The van der Waals surface area contributed by atoms with Gasteiger partial charge in [-0.1, -0.05) is 30.3 Å². The number of ether oxygens (including phenoxy) is 2. The van der Waals surface area contributed by atoms with Crippen LogP contribution in [0.5, 0.6) is 5.88 Å². The number of hydrogen-bond acceptors (Lipinski definition) is 9. The number of likely N-dealkylation sites (tertiary alicyclic amines) is 1. The third-order valence-corrected chi connectivity index (χ3v) is 8.94. The maximum absolute atomic E-state index is 13.7. The summed E-state index contributed by atoms with van der Waals surface area (Å²) in [6.07, 6.45) is 6.10. The molecule has 3 aromatic heterocycles. The summed E-state index contributed by atoms with van der Waals surface area (Å²) in [5, 5.41) is 15.5. The number of benzene rings is 2. The Morgan fingerprint density at radius 2 is 1.85 bits per heavy atom. The van der Waals surface area contributed by atoms with Gasteiger partial charge in [0.1, 0.15) is 12.0 Å². The summed E-state index contributed by atoms with van der Waals surface area (Å²) in [5.41, 5.74) is 4.45. The summed E-state index contributed by atoms with van der Waals surface area (Å²) in [6.45, 7) is -1.59. The van der Waals surface area contributed by atoms with Crippen LogP contribution in [-0.2, 0) is 21.4 Å². The number of aromatic amines is 1. The quantitative estimate of drug-likeness (QED) is 0.244. The fraction of sp³-hybridized carbons (Fsp3) is 0.314. The molecule has 1 atom stereocenters. The smallest absolute Gasteiger partial charge is 0.258 e. The molecule has 1 fully saturated rings. The molecular weight excluding hydrogens is 610 g/mol. The molecule has 2 aromatic carbocycles. The first-order valence-electron chi connectivity index (χ1n) is 16.7. The van der Waals surface area contributed by atoms with Crippen molar-refractivity contribution in [2.45, 2.75) is 18.4 Å². The minimum Gasteiger partial charge on any atom is -0.481 e. The number of rotatable bonds is 9. The van der Waals surface area contributed by atoms with Crippen LogP contribution in [0.25, 0.3) is 39.1 Å². The van der Waals surface area contributed by atoms with Gasteiger partial charge in [0.15, 0.2) is 11.4 Å². The lowest BCUT2D eigenvalue weighted by molar-refractivity contribution is -0.138. The number of hydrogen-bond donors (Lipinski definition) is 2. The van der Waals surface area contributed by atoms with E-state index in [4.69, 9.17) is 12.2 Å². The number of H-pyrrole nitrogens is 1. The number of nitrogens with one attached hydrogen (secondary N) is 2. The van der Waals surface area contributed by atoms with E-state index >= 15 is 0 Å². The Morgan fingerprint density at radius 1 is 1.04 bits per heavy atom. The summed E-state index contributed by atoms with van der Waals surface area (Å²) in [7, 11) is 4.81. The Bertz CT molecular complexity index is 2080. The Kier molecular flexibility index (Phi) is 7.80. The molecule has 246 valence electrons. The van der Waals surface area contributed by atoms with E-state index in [-0.39, 0.29) is 26.1 Å². The number of methoxy groups -OCH3 is 2. The van der Waals surface area contributed by atoms with Crippen molar-refractivity contribution < 1.29 is 21.8 Å². The molecule has 0 bridgehead atoms. The zero-order valence-corrected chi connectivity index (χ0v) is 26.9. The van der Waals surface area contributed by atoms with Gasteiger partial charge in [-0.25, -0.2) is 9.97 Å². The first kappa shape index (κ1) is 28.8. The van der Waals surface area contributed by atoms with Crippen LogP contribution in [0.15, 0.2) is 73.2 Å². The number of fused-ring (bicyclic) bond motifs is 1. The monoisotopic (exact) mass is 649 g/mol. The number of pyridine rings is 1. The summed E-state index contributed by atoms with van der Waals surface area (Å²) < 4.78 is 30.3. The lowest BCUT2D eigenvalue weighted by Crippen LogP contribution is -2.48.